The molecule has 1 heterocycles. The fourth-order valence-electron chi connectivity index (χ4n) is 5.09. The molecule has 3 aromatic rings. The predicted molar refractivity (Wildman–Crippen MR) is 122 cm³/mol. The molecule has 3 aromatic carbocycles. The average molecular weight is 490 g/mol. The van der Waals surface area contributed by atoms with E-state index in [1.807, 2.05) is 42.5 Å². The van der Waals surface area contributed by atoms with E-state index in [0.717, 1.165) is 10.0 Å². The second kappa shape index (κ2) is 7.41. The van der Waals surface area contributed by atoms with Crippen LogP contribution in [-0.2, 0) is 16.1 Å². The van der Waals surface area contributed by atoms with E-state index in [0.29, 0.717) is 16.9 Å². The summed E-state index contributed by atoms with van der Waals surface area (Å²) in [6.07, 6.45) is 0. The van der Waals surface area contributed by atoms with Crippen molar-refractivity contribution in [2.45, 2.75) is 19.4 Å². The second-order valence-electron chi connectivity index (χ2n) is 8.38. The fraction of sp³-hybridized carbons (Fsp3) is 0.192. The van der Waals surface area contributed by atoms with Gasteiger partial charge in [0, 0.05) is 28.1 Å². The highest BCUT2D eigenvalue weighted by molar-refractivity contribution is 9.10. The van der Waals surface area contributed by atoms with Gasteiger partial charge in [0.2, 0.25) is 5.91 Å². The maximum atomic E-state index is 13.7. The van der Waals surface area contributed by atoms with Crippen molar-refractivity contribution in [1.29, 1.82) is 0 Å². The number of hydrogen-bond donors (Lipinski definition) is 1. The molecule has 1 amide bonds. The number of fused-ring (bicyclic) bond motifs is 3. The molecule has 1 fully saturated rings. The van der Waals surface area contributed by atoms with Gasteiger partial charge < -0.3 is 10.1 Å². The zero-order valence-corrected chi connectivity index (χ0v) is 18.9. The van der Waals surface area contributed by atoms with Crippen molar-refractivity contribution in [2.75, 3.05) is 0 Å². The van der Waals surface area contributed by atoms with Gasteiger partial charge in [0.1, 0.15) is 5.75 Å². The van der Waals surface area contributed by atoms with Crippen LogP contribution in [0.2, 0.25) is 0 Å². The Labute approximate surface area is 193 Å². The van der Waals surface area contributed by atoms with Gasteiger partial charge in [-0.25, -0.2) is 0 Å². The maximum Gasteiger partial charge on any atom is 0.328 e. The minimum atomic E-state index is -1.62. The quantitative estimate of drug-likeness (QED) is 0.245. The molecule has 2 aliphatic rings. The highest BCUT2D eigenvalue weighted by atomic mass is 79.9. The van der Waals surface area contributed by atoms with Crippen LogP contribution in [0.4, 0.5) is 0 Å². The van der Waals surface area contributed by atoms with Crippen LogP contribution in [-0.4, -0.2) is 17.7 Å². The van der Waals surface area contributed by atoms with Crippen LogP contribution in [0.25, 0.3) is 0 Å². The Morgan fingerprint density at radius 2 is 1.66 bits per heavy atom. The Hall–Kier alpha value is -3.25. The molecule has 1 saturated carbocycles. The van der Waals surface area contributed by atoms with Gasteiger partial charge in [-0.3, -0.25) is 14.4 Å². The molecule has 5 rings (SSSR count). The van der Waals surface area contributed by atoms with Crippen molar-refractivity contribution in [3.05, 3.63) is 100 Å². The number of benzene rings is 3. The van der Waals surface area contributed by atoms with Gasteiger partial charge >= 0.3 is 5.97 Å². The summed E-state index contributed by atoms with van der Waals surface area (Å²) in [5.74, 6) is -1.65. The minimum Gasteiger partial charge on any atom is -0.425 e. The molecule has 0 spiro atoms. The number of rotatable bonds is 5. The molecule has 3 unspecified atom stereocenters. The molecular weight excluding hydrogens is 470 g/mol. The second-order valence-corrected chi connectivity index (χ2v) is 9.29. The first-order valence-electron chi connectivity index (χ1n) is 10.3. The summed E-state index contributed by atoms with van der Waals surface area (Å²) in [4.78, 5) is 40.7. The van der Waals surface area contributed by atoms with Crippen LogP contribution in [0.5, 0.6) is 5.75 Å². The van der Waals surface area contributed by atoms with Gasteiger partial charge in [-0.05, 0) is 30.7 Å². The third-order valence-corrected chi connectivity index (χ3v) is 7.21. The van der Waals surface area contributed by atoms with E-state index in [-0.39, 0.29) is 12.3 Å². The Morgan fingerprint density at radius 3 is 2.34 bits per heavy atom. The van der Waals surface area contributed by atoms with E-state index < -0.39 is 28.6 Å². The highest BCUT2D eigenvalue weighted by Gasteiger charge is 2.88. The average Bonchev–Trinajstić information content (AvgIpc) is 3.42. The summed E-state index contributed by atoms with van der Waals surface area (Å²) in [5.41, 5.74) is -0.844. The molecule has 0 radical (unpaired) electrons. The van der Waals surface area contributed by atoms with E-state index in [2.05, 4.69) is 21.2 Å². The van der Waals surface area contributed by atoms with Crippen molar-refractivity contribution >= 4 is 33.6 Å². The number of ketones is 1. The Balaban J connectivity index is 1.59. The van der Waals surface area contributed by atoms with Gasteiger partial charge in [-0.15, -0.1) is 0 Å². The van der Waals surface area contributed by atoms with Crippen molar-refractivity contribution in [3.8, 4) is 5.75 Å². The molecule has 0 aromatic heterocycles. The van der Waals surface area contributed by atoms with Crippen LogP contribution in [0.15, 0.2) is 83.3 Å². The number of carbonyl (C=O) groups is 3. The predicted octanol–water partition coefficient (Wildman–Crippen LogP) is 4.66. The third-order valence-electron chi connectivity index (χ3n) is 6.72. The van der Waals surface area contributed by atoms with Crippen LogP contribution < -0.4 is 10.1 Å². The number of nitrogens with one attached hydrogen (secondary N) is 1. The zero-order chi connectivity index (χ0) is 22.5. The van der Waals surface area contributed by atoms with Crippen molar-refractivity contribution in [1.82, 2.24) is 5.32 Å². The zero-order valence-electron chi connectivity index (χ0n) is 17.3. The summed E-state index contributed by atoms with van der Waals surface area (Å²) in [6.45, 7) is 1.95. The first-order valence-corrected chi connectivity index (χ1v) is 11.1. The fourth-order valence-corrected chi connectivity index (χ4v) is 5.47. The largest absolute Gasteiger partial charge is 0.425 e. The van der Waals surface area contributed by atoms with Crippen molar-refractivity contribution in [3.63, 3.8) is 0 Å². The summed E-state index contributed by atoms with van der Waals surface area (Å²) in [7, 11) is 0. The Kier molecular flexibility index (Phi) is 4.78. The first kappa shape index (κ1) is 20.6. The molecule has 3 atom stereocenters. The molecule has 0 bridgehead atoms. The SMILES string of the molecule is CC1(C(=O)c2ccccc2)C2c3cc(Br)ccc3OC(=O)C21C(=O)NCc1ccccc1. The van der Waals surface area contributed by atoms with Crippen LogP contribution in [0.1, 0.15) is 34.3 Å². The Bertz CT molecular complexity index is 1240. The summed E-state index contributed by atoms with van der Waals surface area (Å²) < 4.78 is 6.41. The van der Waals surface area contributed by atoms with Crippen LogP contribution in [0, 0.1) is 10.8 Å². The maximum absolute atomic E-state index is 13.7. The minimum absolute atomic E-state index is 0.247. The summed E-state index contributed by atoms with van der Waals surface area (Å²) >= 11 is 3.46. The summed E-state index contributed by atoms with van der Waals surface area (Å²) in [6, 6.07) is 23.5. The van der Waals surface area contributed by atoms with Gasteiger partial charge in [-0.1, -0.05) is 76.6 Å². The molecular formula is C26H20BrNO4. The molecule has 160 valence electrons. The molecule has 1 aliphatic carbocycles. The number of halogens is 1. The molecule has 32 heavy (non-hydrogen) atoms. The van der Waals surface area contributed by atoms with Crippen LogP contribution >= 0.6 is 15.9 Å². The molecule has 6 heteroatoms. The lowest BCUT2D eigenvalue weighted by molar-refractivity contribution is -0.149. The molecule has 1 N–H and O–H groups in total. The topological polar surface area (TPSA) is 72.5 Å². The lowest BCUT2D eigenvalue weighted by Crippen LogP contribution is -2.45. The van der Waals surface area contributed by atoms with E-state index in [1.165, 1.54) is 0 Å². The van der Waals surface area contributed by atoms with Crippen LogP contribution in [0.3, 0.4) is 0 Å². The van der Waals surface area contributed by atoms with E-state index >= 15 is 0 Å². The molecule has 1 aliphatic heterocycles. The number of esters is 1. The number of amides is 1. The van der Waals surface area contributed by atoms with Crippen molar-refractivity contribution < 1.29 is 19.1 Å². The molecule has 5 nitrogen and oxygen atoms in total. The lowest BCUT2D eigenvalue weighted by atomic mass is 9.86. The smallest absolute Gasteiger partial charge is 0.328 e. The van der Waals surface area contributed by atoms with E-state index in [9.17, 15) is 14.4 Å². The monoisotopic (exact) mass is 489 g/mol. The first-order chi connectivity index (χ1) is 15.4. The van der Waals surface area contributed by atoms with E-state index in [4.69, 9.17) is 4.74 Å². The van der Waals surface area contributed by atoms with Gasteiger partial charge in [0.15, 0.2) is 11.2 Å². The van der Waals surface area contributed by atoms with E-state index in [1.54, 1.807) is 43.3 Å². The Morgan fingerprint density at radius 1 is 1.00 bits per heavy atom. The normalized spacial score (nSPS) is 25.2. The lowest BCUT2D eigenvalue weighted by Gasteiger charge is -2.23. The van der Waals surface area contributed by atoms with Gasteiger partial charge in [0.05, 0.1) is 5.41 Å². The number of ether oxygens (including phenoxy) is 1. The third kappa shape index (κ3) is 2.79. The van der Waals surface area contributed by atoms with Gasteiger partial charge in [0.25, 0.3) is 0 Å². The van der Waals surface area contributed by atoms with Gasteiger partial charge in [-0.2, -0.15) is 0 Å². The standard InChI is InChI=1S/C26H20BrNO4/c1-25(22(29)17-10-6-3-7-11-17)21-19-14-18(27)12-13-20(19)32-24(31)26(21,25)23(30)28-15-16-8-4-2-5-9-16/h2-14,21H,15H2,1H3,(H,28,30). The highest BCUT2D eigenvalue weighted by Crippen LogP contribution is 2.78. The summed E-state index contributed by atoms with van der Waals surface area (Å²) in [5, 5.41) is 2.88. The number of Topliss-reactive ketones (excluding diaryl/α,β-unsaturated/α-hetero) is 1. The van der Waals surface area contributed by atoms with Crippen molar-refractivity contribution in [2.24, 2.45) is 10.8 Å². The molecule has 0 saturated heterocycles. The number of hydrogen-bond acceptors (Lipinski definition) is 4. The number of carbonyl (C=O) groups excluding carboxylic acids is 3.